The van der Waals surface area contributed by atoms with Crippen LogP contribution in [-0.4, -0.2) is 9.55 Å². The fourth-order valence-electron chi connectivity index (χ4n) is 7.20. The first kappa shape index (κ1) is 26.4. The highest BCUT2D eigenvalue weighted by atomic mass is 15.1. The first-order valence-electron chi connectivity index (χ1n) is 15.8. The summed E-state index contributed by atoms with van der Waals surface area (Å²) in [5, 5.41) is 7.55. The van der Waals surface area contributed by atoms with Crippen molar-refractivity contribution in [1.29, 1.82) is 0 Å². The normalized spacial score (nSPS) is 11.6. The van der Waals surface area contributed by atoms with E-state index in [0.29, 0.717) is 0 Å². The lowest BCUT2D eigenvalue weighted by Crippen LogP contribution is -1.99. The van der Waals surface area contributed by atoms with Crippen LogP contribution in [0.1, 0.15) is 5.56 Å². The van der Waals surface area contributed by atoms with Gasteiger partial charge in [-0.25, -0.2) is 4.98 Å². The van der Waals surface area contributed by atoms with Gasteiger partial charge in [0.05, 0.1) is 11.0 Å². The van der Waals surface area contributed by atoms with Gasteiger partial charge in [0, 0.05) is 11.3 Å². The summed E-state index contributed by atoms with van der Waals surface area (Å²) in [5.74, 6) is 0.952. The second-order valence-electron chi connectivity index (χ2n) is 12.0. The molecule has 0 bridgehead atoms. The quantitative estimate of drug-likeness (QED) is 0.188. The van der Waals surface area contributed by atoms with Gasteiger partial charge in [-0.3, -0.25) is 4.57 Å². The number of rotatable bonds is 4. The molecule has 0 aliphatic rings. The summed E-state index contributed by atoms with van der Waals surface area (Å²) in [5.41, 5.74) is 10.5. The molecule has 216 valence electrons. The molecular formula is C44H30N2. The number of aromatic nitrogens is 2. The van der Waals surface area contributed by atoms with Crippen molar-refractivity contribution < 1.29 is 0 Å². The van der Waals surface area contributed by atoms with Crippen LogP contribution < -0.4 is 0 Å². The highest BCUT2D eigenvalue weighted by Gasteiger charge is 2.19. The molecule has 0 fully saturated rings. The summed E-state index contributed by atoms with van der Waals surface area (Å²) in [6, 6.07) is 59.1. The van der Waals surface area contributed by atoms with Crippen molar-refractivity contribution in [3.05, 3.63) is 169 Å². The van der Waals surface area contributed by atoms with E-state index >= 15 is 0 Å². The van der Waals surface area contributed by atoms with Gasteiger partial charge in [0.2, 0.25) is 0 Å². The molecular weight excluding hydrogens is 556 g/mol. The Balaban J connectivity index is 1.26. The maximum atomic E-state index is 5.10. The fraction of sp³-hybridized carbons (Fsp3) is 0.0227. The Hall–Kier alpha value is -5.99. The Kier molecular flexibility index (Phi) is 6.07. The van der Waals surface area contributed by atoms with Gasteiger partial charge in [-0.1, -0.05) is 140 Å². The molecule has 9 rings (SSSR count). The molecule has 0 unspecified atom stereocenters. The molecule has 8 aromatic carbocycles. The minimum Gasteiger partial charge on any atom is -0.292 e. The third-order valence-electron chi connectivity index (χ3n) is 9.29. The van der Waals surface area contributed by atoms with Crippen LogP contribution in [0.5, 0.6) is 0 Å². The lowest BCUT2D eigenvalue weighted by atomic mass is 9.85. The van der Waals surface area contributed by atoms with Crippen LogP contribution in [0, 0.1) is 6.92 Å². The number of nitrogens with zero attached hydrogens (tertiary/aromatic N) is 2. The Bertz CT molecular complexity index is 2520. The van der Waals surface area contributed by atoms with E-state index < -0.39 is 0 Å². The molecule has 0 N–H and O–H groups in total. The van der Waals surface area contributed by atoms with Gasteiger partial charge >= 0.3 is 0 Å². The van der Waals surface area contributed by atoms with Crippen LogP contribution >= 0.6 is 0 Å². The topological polar surface area (TPSA) is 17.8 Å². The van der Waals surface area contributed by atoms with Crippen molar-refractivity contribution >= 4 is 43.4 Å². The lowest BCUT2D eigenvalue weighted by molar-refractivity contribution is 1.10. The van der Waals surface area contributed by atoms with Gasteiger partial charge in [-0.15, -0.1) is 0 Å². The largest absolute Gasteiger partial charge is 0.292 e. The molecule has 0 aliphatic heterocycles. The zero-order valence-electron chi connectivity index (χ0n) is 25.5. The van der Waals surface area contributed by atoms with Gasteiger partial charge < -0.3 is 0 Å². The standard InChI is InChI=1S/C44H30N2/c1-29-12-11-21-40-43(29)46(44(45-40)32-14-3-2-4-15-32)35-26-24-31(25-27-35)41-36-17-7-9-19-38(36)42(39-20-10-8-18-37(39)41)34-23-22-30-13-5-6-16-33(30)28-34/h2-28H,1H3. The number of para-hydroxylation sites is 1. The number of hydrogen-bond donors (Lipinski definition) is 0. The van der Waals surface area contributed by atoms with Crippen molar-refractivity contribution in [2.75, 3.05) is 0 Å². The zero-order valence-corrected chi connectivity index (χ0v) is 25.5. The SMILES string of the molecule is Cc1cccc2nc(-c3ccccc3)n(-c3ccc(-c4c5ccccc5c(-c5ccc6ccccc6c5)c5ccccc45)cc3)c12. The van der Waals surface area contributed by atoms with E-state index in [9.17, 15) is 0 Å². The summed E-state index contributed by atoms with van der Waals surface area (Å²) >= 11 is 0. The van der Waals surface area contributed by atoms with Gasteiger partial charge in [-0.2, -0.15) is 0 Å². The molecule has 0 saturated heterocycles. The Labute approximate surface area is 267 Å². The lowest BCUT2D eigenvalue weighted by Gasteiger charge is -2.18. The minimum atomic E-state index is 0.952. The average Bonchev–Trinajstić information content (AvgIpc) is 3.52. The van der Waals surface area contributed by atoms with E-state index in [1.165, 1.54) is 60.1 Å². The van der Waals surface area contributed by atoms with Crippen molar-refractivity contribution in [2.24, 2.45) is 0 Å². The first-order chi connectivity index (χ1) is 22.7. The molecule has 0 aliphatic carbocycles. The number of imidazole rings is 1. The Morgan fingerprint density at radius 3 is 1.67 bits per heavy atom. The van der Waals surface area contributed by atoms with Crippen molar-refractivity contribution in [2.45, 2.75) is 6.92 Å². The second-order valence-corrected chi connectivity index (χ2v) is 12.0. The van der Waals surface area contributed by atoms with Gasteiger partial charge in [0.15, 0.2) is 0 Å². The van der Waals surface area contributed by atoms with Crippen LogP contribution in [-0.2, 0) is 0 Å². The molecule has 0 spiro atoms. The van der Waals surface area contributed by atoms with Crippen LogP contribution in [0.4, 0.5) is 0 Å². The number of aryl methyl sites for hydroxylation is 1. The highest BCUT2D eigenvalue weighted by Crippen LogP contribution is 2.44. The molecule has 2 heteroatoms. The van der Waals surface area contributed by atoms with Crippen LogP contribution in [0.25, 0.3) is 82.7 Å². The van der Waals surface area contributed by atoms with Crippen LogP contribution in [0.3, 0.4) is 0 Å². The Morgan fingerprint density at radius 2 is 1.00 bits per heavy atom. The molecule has 2 nitrogen and oxygen atoms in total. The molecule has 0 atom stereocenters. The molecule has 9 aromatic rings. The fourth-order valence-corrected chi connectivity index (χ4v) is 7.20. The van der Waals surface area contributed by atoms with E-state index in [2.05, 4.69) is 175 Å². The maximum absolute atomic E-state index is 5.10. The summed E-state index contributed by atoms with van der Waals surface area (Å²) in [6.07, 6.45) is 0. The predicted octanol–water partition coefficient (Wildman–Crippen LogP) is 11.8. The summed E-state index contributed by atoms with van der Waals surface area (Å²) in [4.78, 5) is 5.10. The van der Waals surface area contributed by atoms with Crippen LogP contribution in [0.15, 0.2) is 164 Å². The third-order valence-corrected chi connectivity index (χ3v) is 9.29. The average molecular weight is 587 g/mol. The van der Waals surface area contributed by atoms with Gasteiger partial charge in [-0.05, 0) is 91.3 Å². The number of benzene rings is 8. The number of hydrogen-bond acceptors (Lipinski definition) is 1. The van der Waals surface area contributed by atoms with Crippen LogP contribution in [0.2, 0.25) is 0 Å². The van der Waals surface area contributed by atoms with E-state index in [1.807, 2.05) is 0 Å². The molecule has 46 heavy (non-hydrogen) atoms. The molecule has 0 saturated carbocycles. The molecule has 0 radical (unpaired) electrons. The number of fused-ring (bicyclic) bond motifs is 4. The summed E-state index contributed by atoms with van der Waals surface area (Å²) in [6.45, 7) is 2.17. The Morgan fingerprint density at radius 1 is 0.435 bits per heavy atom. The van der Waals surface area contributed by atoms with Gasteiger partial charge in [0.25, 0.3) is 0 Å². The van der Waals surface area contributed by atoms with E-state index in [4.69, 9.17) is 4.98 Å². The predicted molar refractivity (Wildman–Crippen MR) is 195 cm³/mol. The van der Waals surface area contributed by atoms with Crippen molar-refractivity contribution in [3.63, 3.8) is 0 Å². The van der Waals surface area contributed by atoms with Gasteiger partial charge in [0.1, 0.15) is 5.82 Å². The molecule has 1 heterocycles. The summed E-state index contributed by atoms with van der Waals surface area (Å²) in [7, 11) is 0. The zero-order chi connectivity index (χ0) is 30.6. The summed E-state index contributed by atoms with van der Waals surface area (Å²) < 4.78 is 2.31. The third kappa shape index (κ3) is 4.15. The molecule has 0 amide bonds. The van der Waals surface area contributed by atoms with Crippen molar-refractivity contribution in [3.8, 4) is 39.3 Å². The first-order valence-corrected chi connectivity index (χ1v) is 15.8. The van der Waals surface area contributed by atoms with E-state index in [0.717, 1.165) is 28.1 Å². The minimum absolute atomic E-state index is 0.952. The monoisotopic (exact) mass is 586 g/mol. The second kappa shape index (κ2) is 10.6. The highest BCUT2D eigenvalue weighted by molar-refractivity contribution is 6.21. The molecule has 1 aromatic heterocycles. The van der Waals surface area contributed by atoms with E-state index in [-0.39, 0.29) is 0 Å². The van der Waals surface area contributed by atoms with Crippen molar-refractivity contribution in [1.82, 2.24) is 9.55 Å². The maximum Gasteiger partial charge on any atom is 0.145 e. The van der Waals surface area contributed by atoms with E-state index in [1.54, 1.807) is 0 Å². The smallest absolute Gasteiger partial charge is 0.145 e.